The van der Waals surface area contributed by atoms with Crippen LogP contribution in [-0.2, 0) is 6.42 Å². The molecule has 5 heteroatoms. The fraction of sp³-hybridized carbons (Fsp3) is 0.435. The largest absolute Gasteiger partial charge is 0.497 e. The van der Waals surface area contributed by atoms with Crippen LogP contribution < -0.4 is 15.2 Å². The Morgan fingerprint density at radius 2 is 1.96 bits per heavy atom. The van der Waals surface area contributed by atoms with E-state index in [9.17, 15) is 0 Å². The Bertz CT molecular complexity index is 864. The van der Waals surface area contributed by atoms with Crippen molar-refractivity contribution in [3.8, 4) is 17.6 Å². The fourth-order valence-electron chi connectivity index (χ4n) is 4.35. The van der Waals surface area contributed by atoms with Crippen LogP contribution >= 0.6 is 0 Å². The first-order chi connectivity index (χ1) is 13.6. The van der Waals surface area contributed by atoms with Gasteiger partial charge in [0.05, 0.1) is 18.7 Å². The maximum absolute atomic E-state index is 8.90. The van der Waals surface area contributed by atoms with Gasteiger partial charge in [-0.1, -0.05) is 12.1 Å². The number of fused-ring (bicyclic) bond motifs is 1. The van der Waals surface area contributed by atoms with Gasteiger partial charge in [-0.25, -0.2) is 0 Å². The molecule has 5 nitrogen and oxygen atoms in total. The van der Waals surface area contributed by atoms with Crippen molar-refractivity contribution in [3.05, 3.63) is 59.2 Å². The molecule has 0 aromatic heterocycles. The van der Waals surface area contributed by atoms with Crippen LogP contribution in [0, 0.1) is 11.3 Å². The summed E-state index contributed by atoms with van der Waals surface area (Å²) in [5.41, 5.74) is 9.39. The molecule has 1 unspecified atom stereocenters. The second-order valence-electron chi connectivity index (χ2n) is 7.90. The van der Waals surface area contributed by atoms with Crippen LogP contribution in [0.4, 0.5) is 0 Å². The van der Waals surface area contributed by atoms with Crippen molar-refractivity contribution in [1.29, 1.82) is 5.26 Å². The summed E-state index contributed by atoms with van der Waals surface area (Å²) < 4.78 is 11.8. The first-order valence-corrected chi connectivity index (χ1v) is 9.95. The van der Waals surface area contributed by atoms with Crippen molar-refractivity contribution >= 4 is 0 Å². The van der Waals surface area contributed by atoms with Crippen molar-refractivity contribution in [2.75, 3.05) is 26.7 Å². The van der Waals surface area contributed by atoms with Gasteiger partial charge in [-0.15, -0.1) is 0 Å². The molecule has 2 heterocycles. The Kier molecular flexibility index (Phi) is 5.25. The number of nitrogens with two attached hydrogens (primary N) is 1. The monoisotopic (exact) mass is 377 g/mol. The first kappa shape index (κ1) is 18.8. The lowest BCUT2D eigenvalue weighted by molar-refractivity contribution is -0.0214. The molecule has 0 radical (unpaired) electrons. The number of likely N-dealkylation sites (tertiary alicyclic amines) is 1. The lowest BCUT2D eigenvalue weighted by Crippen LogP contribution is -2.51. The quantitative estimate of drug-likeness (QED) is 0.884. The van der Waals surface area contributed by atoms with E-state index in [4.69, 9.17) is 20.5 Å². The number of hydrogen-bond acceptors (Lipinski definition) is 5. The normalized spacial score (nSPS) is 20.8. The predicted octanol–water partition coefficient (Wildman–Crippen LogP) is 3.43. The number of piperidine rings is 1. The molecule has 28 heavy (non-hydrogen) atoms. The molecule has 0 saturated carbocycles. The van der Waals surface area contributed by atoms with Crippen molar-refractivity contribution in [2.24, 2.45) is 5.73 Å². The number of rotatable bonds is 4. The van der Waals surface area contributed by atoms with Gasteiger partial charge in [0.2, 0.25) is 0 Å². The molecule has 1 saturated heterocycles. The zero-order chi connectivity index (χ0) is 19.6. The molecule has 0 bridgehead atoms. The average molecular weight is 377 g/mol. The van der Waals surface area contributed by atoms with Crippen molar-refractivity contribution in [1.82, 2.24) is 4.90 Å². The predicted molar refractivity (Wildman–Crippen MR) is 108 cm³/mol. The third kappa shape index (κ3) is 3.84. The van der Waals surface area contributed by atoms with Gasteiger partial charge in [0.25, 0.3) is 0 Å². The minimum Gasteiger partial charge on any atom is -0.497 e. The number of hydrogen-bond donors (Lipinski definition) is 1. The molecule has 1 spiro atoms. The highest BCUT2D eigenvalue weighted by Crippen LogP contribution is 2.44. The van der Waals surface area contributed by atoms with Crippen molar-refractivity contribution in [3.63, 3.8) is 0 Å². The van der Waals surface area contributed by atoms with Crippen LogP contribution in [0.2, 0.25) is 0 Å². The van der Waals surface area contributed by atoms with Gasteiger partial charge < -0.3 is 20.1 Å². The minimum absolute atomic E-state index is 0.0101. The molecule has 2 aromatic rings. The van der Waals surface area contributed by atoms with Crippen LogP contribution in [0.1, 0.15) is 42.0 Å². The molecule has 1 fully saturated rings. The van der Waals surface area contributed by atoms with Crippen LogP contribution in [-0.4, -0.2) is 37.2 Å². The van der Waals surface area contributed by atoms with E-state index in [2.05, 4.69) is 23.1 Å². The van der Waals surface area contributed by atoms with Gasteiger partial charge in [0.15, 0.2) is 0 Å². The number of benzene rings is 2. The number of nitrogens with zero attached hydrogens (tertiary/aromatic N) is 2. The summed E-state index contributed by atoms with van der Waals surface area (Å²) in [6, 6.07) is 16.0. The SMILES string of the molecule is COc1ccc2c(c1)C(N)CC1(CCN(CCc3ccc(C#N)cc3)CC1)O2. The van der Waals surface area contributed by atoms with Crippen molar-refractivity contribution in [2.45, 2.75) is 37.3 Å². The summed E-state index contributed by atoms with van der Waals surface area (Å²) in [4.78, 5) is 2.50. The van der Waals surface area contributed by atoms with Crippen molar-refractivity contribution < 1.29 is 9.47 Å². The average Bonchev–Trinajstić information content (AvgIpc) is 2.73. The maximum atomic E-state index is 8.90. The molecule has 2 N–H and O–H groups in total. The molecule has 0 aliphatic carbocycles. The highest BCUT2D eigenvalue weighted by atomic mass is 16.5. The van der Waals surface area contributed by atoms with Gasteiger partial charge in [-0.2, -0.15) is 5.26 Å². The molecule has 146 valence electrons. The van der Waals surface area contributed by atoms with Gasteiger partial charge in [0.1, 0.15) is 17.1 Å². The topological polar surface area (TPSA) is 71.5 Å². The smallest absolute Gasteiger partial charge is 0.125 e. The highest BCUT2D eigenvalue weighted by molar-refractivity contribution is 5.44. The molecular weight excluding hydrogens is 350 g/mol. The number of ether oxygens (including phenoxy) is 2. The summed E-state index contributed by atoms with van der Waals surface area (Å²) in [6.45, 7) is 3.07. The van der Waals surface area contributed by atoms with Gasteiger partial charge in [-0.05, 0) is 55.2 Å². The van der Waals surface area contributed by atoms with E-state index in [0.29, 0.717) is 5.56 Å². The van der Waals surface area contributed by atoms with Crippen LogP contribution in [0.3, 0.4) is 0 Å². The highest BCUT2D eigenvalue weighted by Gasteiger charge is 2.42. The summed E-state index contributed by atoms with van der Waals surface area (Å²) in [5.74, 6) is 1.73. The second kappa shape index (κ2) is 7.83. The van der Waals surface area contributed by atoms with Crippen LogP contribution in [0.25, 0.3) is 0 Å². The standard InChI is InChI=1S/C23H27N3O2/c1-27-19-6-7-22-20(14-19)21(25)15-23(28-22)9-12-26(13-10-23)11-8-17-2-4-18(16-24)5-3-17/h2-7,14,21H,8-13,15,25H2,1H3. The lowest BCUT2D eigenvalue weighted by Gasteiger charge is -2.46. The zero-order valence-corrected chi connectivity index (χ0v) is 16.4. The molecule has 2 aliphatic rings. The maximum Gasteiger partial charge on any atom is 0.125 e. The zero-order valence-electron chi connectivity index (χ0n) is 16.4. The van der Waals surface area contributed by atoms with E-state index >= 15 is 0 Å². The van der Waals surface area contributed by atoms with Gasteiger partial charge >= 0.3 is 0 Å². The molecule has 2 aliphatic heterocycles. The summed E-state index contributed by atoms with van der Waals surface area (Å²) >= 11 is 0. The Hall–Kier alpha value is -2.55. The van der Waals surface area contributed by atoms with E-state index in [1.54, 1.807) is 7.11 Å². The Morgan fingerprint density at radius 1 is 1.21 bits per heavy atom. The summed E-state index contributed by atoms with van der Waals surface area (Å²) in [6.07, 6.45) is 3.86. The Balaban J connectivity index is 1.35. The van der Waals surface area contributed by atoms with Crippen LogP contribution in [0.15, 0.2) is 42.5 Å². The van der Waals surface area contributed by atoms with E-state index in [-0.39, 0.29) is 11.6 Å². The van der Waals surface area contributed by atoms with Gasteiger partial charge in [-0.3, -0.25) is 0 Å². The molecular formula is C23H27N3O2. The Morgan fingerprint density at radius 3 is 2.64 bits per heavy atom. The van der Waals surface area contributed by atoms with Gasteiger partial charge in [0, 0.05) is 37.7 Å². The number of methoxy groups -OCH3 is 1. The van der Waals surface area contributed by atoms with E-state index < -0.39 is 0 Å². The lowest BCUT2D eigenvalue weighted by atomic mass is 9.81. The summed E-state index contributed by atoms with van der Waals surface area (Å²) in [7, 11) is 1.67. The van der Waals surface area contributed by atoms with E-state index in [0.717, 1.165) is 62.4 Å². The number of nitriles is 1. The molecule has 0 amide bonds. The second-order valence-corrected chi connectivity index (χ2v) is 7.90. The summed E-state index contributed by atoms with van der Waals surface area (Å²) in [5, 5.41) is 8.90. The molecule has 2 aromatic carbocycles. The third-order valence-corrected chi connectivity index (χ3v) is 6.10. The Labute approximate surface area is 166 Å². The third-order valence-electron chi connectivity index (χ3n) is 6.10. The molecule has 4 rings (SSSR count). The fourth-order valence-corrected chi connectivity index (χ4v) is 4.35. The van der Waals surface area contributed by atoms with Crippen LogP contribution in [0.5, 0.6) is 11.5 Å². The van der Waals surface area contributed by atoms with E-state index in [1.807, 2.05) is 30.3 Å². The van der Waals surface area contributed by atoms with E-state index in [1.165, 1.54) is 5.56 Å². The first-order valence-electron chi connectivity index (χ1n) is 9.95. The molecule has 1 atom stereocenters. The minimum atomic E-state index is -0.147.